The molecule has 0 saturated heterocycles. The topological polar surface area (TPSA) is 50.1 Å². The maximum Gasteiger partial charge on any atom is 0.178 e. The first-order chi connectivity index (χ1) is 8.38. The number of hydrogen-bond acceptors (Lipinski definition) is 3. The molecule has 0 aliphatic carbocycles. The highest BCUT2D eigenvalue weighted by Gasteiger charge is 2.24. The van der Waals surface area contributed by atoms with Gasteiger partial charge in [-0.3, -0.25) is 4.79 Å². The third kappa shape index (κ3) is 3.46. The largest absolute Gasteiger partial charge is 0.497 e. The lowest BCUT2D eigenvalue weighted by atomic mass is 9.86. The van der Waals surface area contributed by atoms with E-state index in [4.69, 9.17) is 10.00 Å². The molecule has 94 valence electrons. The van der Waals surface area contributed by atoms with Gasteiger partial charge in [-0.05, 0) is 23.8 Å². The molecule has 0 aliphatic heterocycles. The minimum Gasteiger partial charge on any atom is -0.497 e. The standard InChI is InChI=1S/C15H17NO2/c1-15(2,3)14(17)12(10-16)9-11-5-7-13(18-4)8-6-11/h5-9H,1-4H3/b12-9-. The number of hydrogen-bond donors (Lipinski definition) is 0. The van der Waals surface area contributed by atoms with Crippen LogP contribution in [0.3, 0.4) is 0 Å². The maximum absolute atomic E-state index is 12.0. The van der Waals surface area contributed by atoms with Gasteiger partial charge in [-0.15, -0.1) is 0 Å². The highest BCUT2D eigenvalue weighted by molar-refractivity contribution is 6.06. The summed E-state index contributed by atoms with van der Waals surface area (Å²) in [7, 11) is 1.59. The molecule has 3 nitrogen and oxygen atoms in total. The molecule has 0 heterocycles. The molecule has 0 aliphatic rings. The predicted molar refractivity (Wildman–Crippen MR) is 71.0 cm³/mol. The molecule has 0 saturated carbocycles. The van der Waals surface area contributed by atoms with Gasteiger partial charge in [-0.2, -0.15) is 5.26 Å². The molecular formula is C15H17NO2. The quantitative estimate of drug-likeness (QED) is 0.605. The van der Waals surface area contributed by atoms with Gasteiger partial charge < -0.3 is 4.74 Å². The van der Waals surface area contributed by atoms with Crippen molar-refractivity contribution in [3.8, 4) is 11.8 Å². The summed E-state index contributed by atoms with van der Waals surface area (Å²) in [4.78, 5) is 12.0. The van der Waals surface area contributed by atoms with Crippen molar-refractivity contribution in [3.63, 3.8) is 0 Å². The summed E-state index contributed by atoms with van der Waals surface area (Å²) in [6, 6.07) is 9.18. The molecule has 0 spiro atoms. The van der Waals surface area contributed by atoms with Crippen LogP contribution in [0, 0.1) is 16.7 Å². The average Bonchev–Trinajstić information content (AvgIpc) is 2.34. The minimum atomic E-state index is -0.548. The van der Waals surface area contributed by atoms with Crippen molar-refractivity contribution in [2.75, 3.05) is 7.11 Å². The van der Waals surface area contributed by atoms with Crippen LogP contribution in [-0.4, -0.2) is 12.9 Å². The second-order valence-electron chi connectivity index (χ2n) is 5.02. The van der Waals surface area contributed by atoms with Crippen LogP contribution < -0.4 is 4.74 Å². The van der Waals surface area contributed by atoms with Crippen molar-refractivity contribution in [1.29, 1.82) is 5.26 Å². The number of allylic oxidation sites excluding steroid dienone is 1. The Bertz CT molecular complexity index is 499. The summed E-state index contributed by atoms with van der Waals surface area (Å²) in [6.45, 7) is 5.40. The fourth-order valence-electron chi connectivity index (χ4n) is 1.42. The zero-order valence-corrected chi connectivity index (χ0v) is 11.2. The summed E-state index contributed by atoms with van der Waals surface area (Å²) in [5.74, 6) is 0.591. The lowest BCUT2D eigenvalue weighted by Gasteiger charge is -2.15. The van der Waals surface area contributed by atoms with Gasteiger partial charge in [-0.1, -0.05) is 32.9 Å². The van der Waals surface area contributed by atoms with Crippen molar-refractivity contribution in [2.24, 2.45) is 5.41 Å². The van der Waals surface area contributed by atoms with Gasteiger partial charge in [0.15, 0.2) is 5.78 Å². The first kappa shape index (κ1) is 14.0. The van der Waals surface area contributed by atoms with Gasteiger partial charge in [0.05, 0.1) is 12.7 Å². The number of carbonyl (C=O) groups excluding carboxylic acids is 1. The van der Waals surface area contributed by atoms with E-state index in [-0.39, 0.29) is 11.4 Å². The van der Waals surface area contributed by atoms with E-state index in [1.807, 2.05) is 18.2 Å². The molecule has 0 atom stereocenters. The van der Waals surface area contributed by atoms with Crippen LogP contribution in [0.25, 0.3) is 6.08 Å². The molecule has 1 aromatic rings. The third-order valence-corrected chi connectivity index (χ3v) is 2.47. The van der Waals surface area contributed by atoms with Crippen LogP contribution in [0.2, 0.25) is 0 Å². The van der Waals surface area contributed by atoms with E-state index in [1.165, 1.54) is 0 Å². The van der Waals surface area contributed by atoms with Crippen LogP contribution in [0.1, 0.15) is 26.3 Å². The molecular weight excluding hydrogens is 226 g/mol. The number of carbonyl (C=O) groups is 1. The van der Waals surface area contributed by atoms with E-state index in [2.05, 4.69) is 0 Å². The Morgan fingerprint density at radius 1 is 1.28 bits per heavy atom. The van der Waals surface area contributed by atoms with Gasteiger partial charge in [0.2, 0.25) is 0 Å². The molecule has 0 aromatic heterocycles. The number of rotatable bonds is 3. The van der Waals surface area contributed by atoms with Crippen LogP contribution >= 0.6 is 0 Å². The zero-order valence-electron chi connectivity index (χ0n) is 11.2. The Labute approximate surface area is 108 Å². The van der Waals surface area contributed by atoms with Gasteiger partial charge >= 0.3 is 0 Å². The molecule has 3 heteroatoms. The molecule has 0 N–H and O–H groups in total. The Balaban J connectivity index is 3.05. The SMILES string of the molecule is COc1ccc(/C=C(/C#N)C(=O)C(C)(C)C)cc1. The van der Waals surface area contributed by atoms with Crippen LogP contribution in [-0.2, 0) is 4.79 Å². The Hall–Kier alpha value is -2.08. The van der Waals surface area contributed by atoms with Crippen molar-refractivity contribution in [3.05, 3.63) is 35.4 Å². The highest BCUT2D eigenvalue weighted by Crippen LogP contribution is 2.22. The molecule has 0 bridgehead atoms. The molecule has 1 rings (SSSR count). The zero-order chi connectivity index (χ0) is 13.8. The van der Waals surface area contributed by atoms with Crippen LogP contribution in [0.5, 0.6) is 5.75 Å². The van der Waals surface area contributed by atoms with E-state index in [1.54, 1.807) is 46.1 Å². The first-order valence-electron chi connectivity index (χ1n) is 5.69. The normalized spacial score (nSPS) is 11.8. The average molecular weight is 243 g/mol. The molecule has 1 aromatic carbocycles. The van der Waals surface area contributed by atoms with Gasteiger partial charge in [0, 0.05) is 5.41 Å². The smallest absolute Gasteiger partial charge is 0.178 e. The van der Waals surface area contributed by atoms with Gasteiger partial charge in [-0.25, -0.2) is 0 Å². The molecule has 0 fully saturated rings. The van der Waals surface area contributed by atoms with Crippen molar-refractivity contribution in [1.82, 2.24) is 0 Å². The second-order valence-corrected chi connectivity index (χ2v) is 5.02. The molecule has 0 amide bonds. The number of Topliss-reactive ketones (excluding diaryl/α,β-unsaturated/α-hetero) is 1. The summed E-state index contributed by atoms with van der Waals surface area (Å²) in [5.41, 5.74) is 0.436. The lowest BCUT2D eigenvalue weighted by molar-refractivity contribution is -0.121. The number of nitrogens with zero attached hydrogens (tertiary/aromatic N) is 1. The predicted octanol–water partition coefficient (Wildman–Crippen LogP) is 3.22. The number of ketones is 1. The maximum atomic E-state index is 12.0. The van der Waals surface area contributed by atoms with Crippen LogP contribution in [0.4, 0.5) is 0 Å². The number of benzene rings is 1. The fraction of sp³-hybridized carbons (Fsp3) is 0.333. The molecule has 0 radical (unpaired) electrons. The Kier molecular flexibility index (Phi) is 4.28. The number of methoxy groups -OCH3 is 1. The lowest BCUT2D eigenvalue weighted by Crippen LogP contribution is -2.21. The second kappa shape index (κ2) is 5.50. The van der Waals surface area contributed by atoms with E-state index >= 15 is 0 Å². The monoisotopic (exact) mass is 243 g/mol. The van der Waals surface area contributed by atoms with Crippen molar-refractivity contribution in [2.45, 2.75) is 20.8 Å². The van der Waals surface area contributed by atoms with Crippen LogP contribution in [0.15, 0.2) is 29.8 Å². The van der Waals surface area contributed by atoms with Crippen molar-refractivity contribution < 1.29 is 9.53 Å². The Morgan fingerprint density at radius 3 is 2.22 bits per heavy atom. The summed E-state index contributed by atoms with van der Waals surface area (Å²) in [5, 5.41) is 9.06. The summed E-state index contributed by atoms with van der Waals surface area (Å²) in [6.07, 6.45) is 1.60. The molecule has 18 heavy (non-hydrogen) atoms. The number of nitriles is 1. The van der Waals surface area contributed by atoms with Crippen molar-refractivity contribution >= 4 is 11.9 Å². The van der Waals surface area contributed by atoms with Gasteiger partial charge in [0.25, 0.3) is 0 Å². The minimum absolute atomic E-state index is 0.152. The third-order valence-electron chi connectivity index (χ3n) is 2.47. The van der Waals surface area contributed by atoms with E-state index in [9.17, 15) is 4.79 Å². The Morgan fingerprint density at radius 2 is 1.83 bits per heavy atom. The fourth-order valence-corrected chi connectivity index (χ4v) is 1.42. The van der Waals surface area contributed by atoms with E-state index in [0.29, 0.717) is 0 Å². The van der Waals surface area contributed by atoms with Gasteiger partial charge in [0.1, 0.15) is 11.8 Å². The first-order valence-corrected chi connectivity index (χ1v) is 5.69. The summed E-state index contributed by atoms with van der Waals surface area (Å²) >= 11 is 0. The molecule has 0 unspecified atom stereocenters. The highest BCUT2D eigenvalue weighted by atomic mass is 16.5. The van der Waals surface area contributed by atoms with E-state index in [0.717, 1.165) is 11.3 Å². The summed E-state index contributed by atoms with van der Waals surface area (Å²) < 4.78 is 5.05. The number of ether oxygens (including phenoxy) is 1. The van der Waals surface area contributed by atoms with E-state index < -0.39 is 5.41 Å².